The van der Waals surface area contributed by atoms with E-state index in [1.54, 1.807) is 17.5 Å². The Morgan fingerprint density at radius 2 is 2.36 bits per heavy atom. The third kappa shape index (κ3) is 3.69. The minimum Gasteiger partial charge on any atom is -0.353 e. The van der Waals surface area contributed by atoms with Gasteiger partial charge < -0.3 is 15.5 Å². The molecule has 0 saturated carbocycles. The Hall–Kier alpha value is -1.79. The van der Waals surface area contributed by atoms with E-state index in [0.717, 1.165) is 30.2 Å². The van der Waals surface area contributed by atoms with Gasteiger partial charge >= 0.3 is 6.03 Å². The summed E-state index contributed by atoms with van der Waals surface area (Å²) in [5.41, 5.74) is 0. The van der Waals surface area contributed by atoms with E-state index in [-0.39, 0.29) is 12.1 Å². The molecule has 2 N–H and O–H groups in total. The van der Waals surface area contributed by atoms with Crippen LogP contribution in [0, 0.1) is 0 Å². The largest absolute Gasteiger partial charge is 0.353 e. The fourth-order valence-electron chi connectivity index (χ4n) is 2.50. The molecular weight excluding hydrogens is 320 g/mol. The van der Waals surface area contributed by atoms with E-state index < -0.39 is 0 Å². The van der Waals surface area contributed by atoms with Crippen molar-refractivity contribution in [1.29, 1.82) is 0 Å². The van der Waals surface area contributed by atoms with Crippen LogP contribution in [-0.4, -0.2) is 30.1 Å². The first kappa shape index (κ1) is 15.1. The molecular formula is C15H17ClN4OS. The van der Waals surface area contributed by atoms with E-state index in [1.807, 2.05) is 29.6 Å². The molecule has 2 aromatic heterocycles. The number of thiophene rings is 1. The van der Waals surface area contributed by atoms with Gasteiger partial charge in [-0.25, -0.2) is 9.78 Å². The summed E-state index contributed by atoms with van der Waals surface area (Å²) in [5.74, 6) is 0.785. The number of halogens is 1. The van der Waals surface area contributed by atoms with E-state index in [9.17, 15) is 4.79 Å². The van der Waals surface area contributed by atoms with Crippen molar-refractivity contribution in [1.82, 2.24) is 15.6 Å². The molecule has 116 valence electrons. The van der Waals surface area contributed by atoms with Crippen LogP contribution in [0.15, 0.2) is 35.8 Å². The monoisotopic (exact) mass is 336 g/mol. The normalized spacial score (nSPS) is 17.5. The second-order valence-electron chi connectivity index (χ2n) is 5.15. The van der Waals surface area contributed by atoms with Crippen LogP contribution < -0.4 is 15.5 Å². The average Bonchev–Trinajstić information content (AvgIpc) is 3.17. The number of pyridine rings is 1. The van der Waals surface area contributed by atoms with E-state index in [1.165, 1.54) is 0 Å². The SMILES string of the molecule is O=C(NCc1cccs1)N[C@@H]1CCN(c2ncccc2Cl)C1. The molecule has 0 bridgehead atoms. The summed E-state index contributed by atoms with van der Waals surface area (Å²) in [4.78, 5) is 19.5. The van der Waals surface area contributed by atoms with Crippen LogP contribution in [-0.2, 0) is 6.54 Å². The molecule has 3 heterocycles. The van der Waals surface area contributed by atoms with Gasteiger partial charge in [0.15, 0.2) is 0 Å². The van der Waals surface area contributed by atoms with Crippen LogP contribution in [0.5, 0.6) is 0 Å². The maximum Gasteiger partial charge on any atom is 0.315 e. The van der Waals surface area contributed by atoms with Crippen molar-refractivity contribution in [3.8, 4) is 0 Å². The van der Waals surface area contributed by atoms with Crippen molar-refractivity contribution in [3.05, 3.63) is 45.7 Å². The third-order valence-corrected chi connectivity index (χ3v) is 4.74. The highest BCUT2D eigenvalue weighted by atomic mass is 35.5. The van der Waals surface area contributed by atoms with Gasteiger partial charge in [0.1, 0.15) is 5.82 Å². The summed E-state index contributed by atoms with van der Waals surface area (Å²) in [6.07, 6.45) is 2.62. The van der Waals surface area contributed by atoms with Crippen molar-refractivity contribution < 1.29 is 4.79 Å². The first-order valence-corrected chi connectivity index (χ1v) is 8.40. The zero-order valence-electron chi connectivity index (χ0n) is 12.0. The molecule has 0 unspecified atom stereocenters. The Bertz CT molecular complexity index is 634. The van der Waals surface area contributed by atoms with Gasteiger partial charge in [0.2, 0.25) is 0 Å². The standard InChI is InChI=1S/C15H17ClN4OS/c16-13-4-1-6-17-14(13)20-7-5-11(10-20)19-15(21)18-9-12-3-2-8-22-12/h1-4,6,8,11H,5,7,9-10H2,(H2,18,19,21)/t11-/m1/s1. The van der Waals surface area contributed by atoms with Crippen LogP contribution in [0.1, 0.15) is 11.3 Å². The highest BCUT2D eigenvalue weighted by Gasteiger charge is 2.25. The number of hydrogen-bond donors (Lipinski definition) is 2. The summed E-state index contributed by atoms with van der Waals surface area (Å²) >= 11 is 7.80. The number of hydrogen-bond acceptors (Lipinski definition) is 4. The smallest absolute Gasteiger partial charge is 0.315 e. The van der Waals surface area contributed by atoms with Gasteiger partial charge in [0.25, 0.3) is 0 Å². The zero-order valence-corrected chi connectivity index (χ0v) is 13.5. The van der Waals surface area contributed by atoms with Gasteiger partial charge in [0.05, 0.1) is 11.6 Å². The molecule has 2 aromatic rings. The van der Waals surface area contributed by atoms with Gasteiger partial charge in [-0.2, -0.15) is 0 Å². The second-order valence-corrected chi connectivity index (χ2v) is 6.59. The van der Waals surface area contributed by atoms with E-state index in [2.05, 4.69) is 20.5 Å². The molecule has 0 aliphatic carbocycles. The van der Waals surface area contributed by atoms with Gasteiger partial charge in [0, 0.05) is 30.2 Å². The average molecular weight is 337 g/mol. The molecule has 1 aliphatic rings. The summed E-state index contributed by atoms with van der Waals surface area (Å²) in [6, 6.07) is 7.61. The topological polar surface area (TPSA) is 57.3 Å². The third-order valence-electron chi connectivity index (χ3n) is 3.57. The Kier molecular flexibility index (Phi) is 4.80. The van der Waals surface area contributed by atoms with E-state index in [0.29, 0.717) is 11.6 Å². The Labute approximate surface area is 138 Å². The predicted molar refractivity (Wildman–Crippen MR) is 89.6 cm³/mol. The predicted octanol–water partition coefficient (Wildman–Crippen LogP) is 2.87. The minimum atomic E-state index is -0.132. The molecule has 3 rings (SSSR count). The molecule has 0 aromatic carbocycles. The molecule has 1 fully saturated rings. The van der Waals surface area contributed by atoms with E-state index in [4.69, 9.17) is 11.6 Å². The number of urea groups is 1. The maximum atomic E-state index is 11.9. The van der Waals surface area contributed by atoms with Crippen molar-refractivity contribution in [2.45, 2.75) is 19.0 Å². The van der Waals surface area contributed by atoms with Crippen LogP contribution in [0.3, 0.4) is 0 Å². The van der Waals surface area contributed by atoms with Crippen molar-refractivity contribution in [2.24, 2.45) is 0 Å². The molecule has 2 amide bonds. The fourth-order valence-corrected chi connectivity index (χ4v) is 3.38. The number of carbonyl (C=O) groups is 1. The molecule has 0 spiro atoms. The number of aromatic nitrogens is 1. The van der Waals surface area contributed by atoms with Crippen molar-refractivity contribution in [3.63, 3.8) is 0 Å². The van der Waals surface area contributed by atoms with Crippen LogP contribution in [0.2, 0.25) is 5.02 Å². The van der Waals surface area contributed by atoms with E-state index >= 15 is 0 Å². The molecule has 1 atom stereocenters. The van der Waals surface area contributed by atoms with Crippen LogP contribution in [0.25, 0.3) is 0 Å². The first-order valence-electron chi connectivity index (χ1n) is 7.14. The molecule has 1 saturated heterocycles. The quantitative estimate of drug-likeness (QED) is 0.902. The molecule has 0 radical (unpaired) electrons. The summed E-state index contributed by atoms with van der Waals surface area (Å²) < 4.78 is 0. The van der Waals surface area contributed by atoms with Gasteiger partial charge in [-0.15, -0.1) is 11.3 Å². The van der Waals surface area contributed by atoms with Crippen LogP contribution in [0.4, 0.5) is 10.6 Å². The first-order chi connectivity index (χ1) is 10.7. The number of anilines is 1. The fraction of sp³-hybridized carbons (Fsp3) is 0.333. The lowest BCUT2D eigenvalue weighted by Gasteiger charge is -2.19. The highest BCUT2D eigenvalue weighted by molar-refractivity contribution is 7.09. The Morgan fingerprint density at radius 3 is 3.14 bits per heavy atom. The lowest BCUT2D eigenvalue weighted by Crippen LogP contribution is -2.43. The lowest BCUT2D eigenvalue weighted by atomic mass is 10.3. The summed E-state index contributed by atoms with van der Waals surface area (Å²) in [6.45, 7) is 2.13. The number of nitrogens with zero attached hydrogens (tertiary/aromatic N) is 2. The number of nitrogens with one attached hydrogen (secondary N) is 2. The maximum absolute atomic E-state index is 11.9. The van der Waals surface area contributed by atoms with Crippen molar-refractivity contribution >= 4 is 34.8 Å². The van der Waals surface area contributed by atoms with Crippen LogP contribution >= 0.6 is 22.9 Å². The van der Waals surface area contributed by atoms with Gasteiger partial charge in [-0.1, -0.05) is 17.7 Å². The Morgan fingerprint density at radius 1 is 1.45 bits per heavy atom. The summed E-state index contributed by atoms with van der Waals surface area (Å²) in [5, 5.41) is 8.52. The molecule has 5 nitrogen and oxygen atoms in total. The highest BCUT2D eigenvalue weighted by Crippen LogP contribution is 2.25. The molecule has 22 heavy (non-hydrogen) atoms. The minimum absolute atomic E-state index is 0.112. The molecule has 1 aliphatic heterocycles. The Balaban J connectivity index is 1.48. The summed E-state index contributed by atoms with van der Waals surface area (Å²) in [7, 11) is 0. The van der Waals surface area contributed by atoms with Gasteiger partial charge in [-0.05, 0) is 30.0 Å². The van der Waals surface area contributed by atoms with Crippen molar-refractivity contribution in [2.75, 3.05) is 18.0 Å². The number of carbonyl (C=O) groups excluding carboxylic acids is 1. The zero-order chi connectivity index (χ0) is 15.4. The number of rotatable bonds is 4. The number of amides is 2. The lowest BCUT2D eigenvalue weighted by molar-refractivity contribution is 0.237. The second kappa shape index (κ2) is 6.98. The van der Waals surface area contributed by atoms with Gasteiger partial charge in [-0.3, -0.25) is 0 Å². The molecule has 7 heteroatoms.